The van der Waals surface area contributed by atoms with Crippen LogP contribution in [0.2, 0.25) is 0 Å². The molecule has 0 amide bonds. The molecule has 0 saturated carbocycles. The number of hydrogen-bond acceptors (Lipinski definition) is 4. The molecular formula is C14H23NO3S. The molecule has 4 nitrogen and oxygen atoms in total. The monoisotopic (exact) mass is 285 g/mol. The average molecular weight is 285 g/mol. The Morgan fingerprint density at radius 3 is 2.74 bits per heavy atom. The van der Waals surface area contributed by atoms with Gasteiger partial charge in [0.1, 0.15) is 15.6 Å². The van der Waals surface area contributed by atoms with Gasteiger partial charge in [0.25, 0.3) is 0 Å². The van der Waals surface area contributed by atoms with E-state index in [1.54, 1.807) is 6.92 Å². The molecule has 1 aromatic rings. The van der Waals surface area contributed by atoms with Gasteiger partial charge in [-0.3, -0.25) is 0 Å². The molecule has 0 aromatic heterocycles. The first-order valence-corrected chi connectivity index (χ1v) is 8.43. The molecule has 19 heavy (non-hydrogen) atoms. The highest BCUT2D eigenvalue weighted by Gasteiger charge is 2.07. The van der Waals surface area contributed by atoms with E-state index in [2.05, 4.69) is 0 Å². The Kier molecular flexibility index (Phi) is 6.31. The third kappa shape index (κ3) is 6.59. The first-order chi connectivity index (χ1) is 8.93. The highest BCUT2D eigenvalue weighted by molar-refractivity contribution is 7.91. The van der Waals surface area contributed by atoms with Crippen LogP contribution in [-0.4, -0.2) is 32.6 Å². The van der Waals surface area contributed by atoms with E-state index in [1.807, 2.05) is 31.2 Å². The third-order valence-electron chi connectivity index (χ3n) is 2.76. The summed E-state index contributed by atoms with van der Waals surface area (Å²) in [6.07, 6.45) is 1.33. The second-order valence-electron chi connectivity index (χ2n) is 4.77. The SMILES string of the molecule is CCS(=O)(=O)CCCOc1cccc(CC(C)N)c1. The van der Waals surface area contributed by atoms with Crippen molar-refractivity contribution < 1.29 is 13.2 Å². The van der Waals surface area contributed by atoms with Crippen molar-refractivity contribution in [3.05, 3.63) is 29.8 Å². The minimum Gasteiger partial charge on any atom is -0.494 e. The van der Waals surface area contributed by atoms with Crippen molar-refractivity contribution in [2.45, 2.75) is 32.7 Å². The Balaban J connectivity index is 2.41. The fraction of sp³-hybridized carbons (Fsp3) is 0.571. The van der Waals surface area contributed by atoms with Crippen molar-refractivity contribution in [1.29, 1.82) is 0 Å². The zero-order valence-corrected chi connectivity index (χ0v) is 12.4. The van der Waals surface area contributed by atoms with Crippen LogP contribution in [0.3, 0.4) is 0 Å². The molecule has 0 spiro atoms. The van der Waals surface area contributed by atoms with Gasteiger partial charge < -0.3 is 10.5 Å². The second kappa shape index (κ2) is 7.50. The van der Waals surface area contributed by atoms with Gasteiger partial charge in [0, 0.05) is 11.8 Å². The van der Waals surface area contributed by atoms with Crippen molar-refractivity contribution in [2.75, 3.05) is 18.1 Å². The summed E-state index contributed by atoms with van der Waals surface area (Å²) in [5.74, 6) is 1.15. The zero-order valence-electron chi connectivity index (χ0n) is 11.6. The molecule has 0 heterocycles. The minimum atomic E-state index is -2.89. The topological polar surface area (TPSA) is 69.4 Å². The van der Waals surface area contributed by atoms with Gasteiger partial charge in [0.2, 0.25) is 0 Å². The Labute approximate surface area is 115 Å². The van der Waals surface area contributed by atoms with Gasteiger partial charge in [-0.15, -0.1) is 0 Å². The molecule has 1 unspecified atom stereocenters. The molecule has 1 atom stereocenters. The summed E-state index contributed by atoms with van der Waals surface area (Å²) >= 11 is 0. The fourth-order valence-electron chi connectivity index (χ4n) is 1.75. The predicted molar refractivity (Wildman–Crippen MR) is 78.2 cm³/mol. The molecule has 2 N–H and O–H groups in total. The highest BCUT2D eigenvalue weighted by Crippen LogP contribution is 2.14. The number of rotatable bonds is 8. The summed E-state index contributed by atoms with van der Waals surface area (Å²) in [6.45, 7) is 4.04. The van der Waals surface area contributed by atoms with Gasteiger partial charge in [0.05, 0.1) is 12.4 Å². The fourth-order valence-corrected chi connectivity index (χ4v) is 2.59. The highest BCUT2D eigenvalue weighted by atomic mass is 32.2. The van der Waals surface area contributed by atoms with Crippen molar-refractivity contribution in [3.8, 4) is 5.75 Å². The van der Waals surface area contributed by atoms with Crippen LogP contribution in [0.25, 0.3) is 0 Å². The van der Waals surface area contributed by atoms with Crippen molar-refractivity contribution >= 4 is 9.84 Å². The number of hydrogen-bond donors (Lipinski definition) is 1. The van der Waals surface area contributed by atoms with Crippen LogP contribution in [-0.2, 0) is 16.3 Å². The van der Waals surface area contributed by atoms with E-state index in [9.17, 15) is 8.42 Å². The summed E-state index contributed by atoms with van der Waals surface area (Å²) in [4.78, 5) is 0. The average Bonchev–Trinajstić information content (AvgIpc) is 2.34. The summed E-state index contributed by atoms with van der Waals surface area (Å²) in [6, 6.07) is 7.88. The van der Waals surface area contributed by atoms with E-state index in [1.165, 1.54) is 0 Å². The molecule has 108 valence electrons. The smallest absolute Gasteiger partial charge is 0.150 e. The molecule has 0 bridgehead atoms. The van der Waals surface area contributed by atoms with Crippen LogP contribution in [0.4, 0.5) is 0 Å². The van der Waals surface area contributed by atoms with Gasteiger partial charge in [-0.1, -0.05) is 19.1 Å². The molecule has 1 aromatic carbocycles. The zero-order chi connectivity index (χ0) is 14.3. The molecule has 5 heteroatoms. The van der Waals surface area contributed by atoms with Crippen LogP contribution in [0.5, 0.6) is 5.75 Å². The quantitative estimate of drug-likeness (QED) is 0.739. The third-order valence-corrected chi connectivity index (χ3v) is 4.55. The molecule has 0 fully saturated rings. The Morgan fingerprint density at radius 1 is 1.37 bits per heavy atom. The largest absolute Gasteiger partial charge is 0.494 e. The lowest BCUT2D eigenvalue weighted by Gasteiger charge is -2.09. The number of sulfone groups is 1. The predicted octanol–water partition coefficient (Wildman–Crippen LogP) is 1.78. The van der Waals surface area contributed by atoms with Crippen molar-refractivity contribution in [2.24, 2.45) is 5.73 Å². The lowest BCUT2D eigenvalue weighted by atomic mass is 10.1. The number of ether oxygens (including phenoxy) is 1. The summed E-state index contributed by atoms with van der Waals surface area (Å²) in [7, 11) is -2.89. The lowest BCUT2D eigenvalue weighted by Crippen LogP contribution is -2.17. The van der Waals surface area contributed by atoms with Crippen LogP contribution in [0, 0.1) is 0 Å². The first-order valence-electron chi connectivity index (χ1n) is 6.60. The van der Waals surface area contributed by atoms with E-state index in [0.29, 0.717) is 13.0 Å². The van der Waals surface area contributed by atoms with E-state index in [0.717, 1.165) is 17.7 Å². The lowest BCUT2D eigenvalue weighted by molar-refractivity contribution is 0.317. The number of benzene rings is 1. The van der Waals surface area contributed by atoms with Gasteiger partial charge >= 0.3 is 0 Å². The van der Waals surface area contributed by atoms with E-state index in [-0.39, 0.29) is 17.5 Å². The molecule has 0 aliphatic carbocycles. The Bertz CT molecular complexity index is 483. The van der Waals surface area contributed by atoms with Gasteiger partial charge in [-0.05, 0) is 37.5 Å². The van der Waals surface area contributed by atoms with E-state index < -0.39 is 9.84 Å². The normalized spacial score (nSPS) is 13.2. The molecule has 1 rings (SSSR count). The van der Waals surface area contributed by atoms with Crippen LogP contribution in [0.15, 0.2) is 24.3 Å². The molecule has 0 aliphatic heterocycles. The minimum absolute atomic E-state index is 0.116. The van der Waals surface area contributed by atoms with E-state index >= 15 is 0 Å². The summed E-state index contributed by atoms with van der Waals surface area (Å²) in [5, 5.41) is 0. The van der Waals surface area contributed by atoms with Gasteiger partial charge in [-0.2, -0.15) is 0 Å². The Hall–Kier alpha value is -1.07. The molecule has 0 aliphatic rings. The van der Waals surface area contributed by atoms with Crippen molar-refractivity contribution in [3.63, 3.8) is 0 Å². The standard InChI is InChI=1S/C14H23NO3S/c1-3-19(16,17)9-5-8-18-14-7-4-6-13(11-14)10-12(2)15/h4,6-7,11-12H,3,5,8-10,15H2,1-2H3. The van der Waals surface area contributed by atoms with Gasteiger partial charge in [0.15, 0.2) is 0 Å². The molecular weight excluding hydrogens is 262 g/mol. The van der Waals surface area contributed by atoms with Crippen LogP contribution in [0.1, 0.15) is 25.8 Å². The maximum absolute atomic E-state index is 11.3. The van der Waals surface area contributed by atoms with Crippen LogP contribution >= 0.6 is 0 Å². The van der Waals surface area contributed by atoms with Crippen molar-refractivity contribution in [1.82, 2.24) is 0 Å². The maximum atomic E-state index is 11.3. The summed E-state index contributed by atoms with van der Waals surface area (Å²) < 4.78 is 28.2. The molecule has 0 radical (unpaired) electrons. The van der Waals surface area contributed by atoms with E-state index in [4.69, 9.17) is 10.5 Å². The second-order valence-corrected chi connectivity index (χ2v) is 7.24. The number of nitrogens with two attached hydrogens (primary N) is 1. The molecule has 0 saturated heterocycles. The summed E-state index contributed by atoms with van der Waals surface area (Å²) in [5.41, 5.74) is 6.88. The Morgan fingerprint density at radius 2 is 2.11 bits per heavy atom. The van der Waals surface area contributed by atoms with Gasteiger partial charge in [-0.25, -0.2) is 8.42 Å². The maximum Gasteiger partial charge on any atom is 0.150 e. The first kappa shape index (κ1) is 16.0. The van der Waals surface area contributed by atoms with Crippen LogP contribution < -0.4 is 10.5 Å².